The minimum atomic E-state index is 0.866. The van der Waals surface area contributed by atoms with Gasteiger partial charge in [-0.1, -0.05) is 48.0 Å². The van der Waals surface area contributed by atoms with Gasteiger partial charge in [0.25, 0.3) is 0 Å². The van der Waals surface area contributed by atoms with Gasteiger partial charge in [0.05, 0.1) is 0 Å². The number of hydrogen-bond donors (Lipinski definition) is 0. The average molecular weight is 158 g/mol. The van der Waals surface area contributed by atoms with E-state index >= 15 is 0 Å². The van der Waals surface area contributed by atoms with E-state index in [0.29, 0.717) is 0 Å². The molecule has 0 nitrogen and oxygen atoms in total. The molecule has 0 N–H and O–H groups in total. The summed E-state index contributed by atoms with van der Waals surface area (Å²) in [5, 5.41) is 0. The molecule has 0 rings (SSSR count). The maximum atomic E-state index is 3.00. The Morgan fingerprint density at radius 1 is 1.00 bits per heavy atom. The molecule has 0 saturated carbocycles. The standard InChI is InChI=1S/C7H16.C2H6.C2H4/c1-5-7(4)6(2)3;2*1-2/h6-7H,5H2,1-4H3;1-2H3;1-2H2. The fourth-order valence-corrected chi connectivity index (χ4v) is 0.471. The quantitative estimate of drug-likeness (QED) is 0.518. The van der Waals surface area contributed by atoms with Gasteiger partial charge < -0.3 is 0 Å². The highest BCUT2D eigenvalue weighted by Gasteiger charge is 2.01. The SMILES string of the molecule is C=C.CC.CCC(C)C(C)C. The molecule has 0 heterocycles. The van der Waals surface area contributed by atoms with Crippen LogP contribution in [-0.4, -0.2) is 0 Å². The van der Waals surface area contributed by atoms with Crippen molar-refractivity contribution in [3.8, 4) is 0 Å². The van der Waals surface area contributed by atoms with E-state index in [0.717, 1.165) is 11.8 Å². The summed E-state index contributed by atoms with van der Waals surface area (Å²) in [5.74, 6) is 1.77. The third-order valence-electron chi connectivity index (χ3n) is 1.78. The van der Waals surface area contributed by atoms with E-state index in [1.807, 2.05) is 13.8 Å². The lowest BCUT2D eigenvalue weighted by Crippen LogP contribution is -2.00. The molecule has 1 atom stereocenters. The van der Waals surface area contributed by atoms with Gasteiger partial charge in [-0.3, -0.25) is 0 Å². The third kappa shape index (κ3) is 17.7. The highest BCUT2D eigenvalue weighted by Crippen LogP contribution is 2.11. The Hall–Kier alpha value is -0.260. The Bertz CT molecular complexity index is 46.0. The van der Waals surface area contributed by atoms with Gasteiger partial charge in [0.15, 0.2) is 0 Å². The Morgan fingerprint density at radius 3 is 1.27 bits per heavy atom. The highest BCUT2D eigenvalue weighted by atomic mass is 14.1. The highest BCUT2D eigenvalue weighted by molar-refractivity contribution is 4.52. The van der Waals surface area contributed by atoms with E-state index < -0.39 is 0 Å². The minimum absolute atomic E-state index is 0.866. The summed E-state index contributed by atoms with van der Waals surface area (Å²) in [4.78, 5) is 0. The molecule has 11 heavy (non-hydrogen) atoms. The predicted molar refractivity (Wildman–Crippen MR) is 56.9 cm³/mol. The summed E-state index contributed by atoms with van der Waals surface area (Å²) >= 11 is 0. The normalized spacial score (nSPS) is 10.5. The van der Waals surface area contributed by atoms with Gasteiger partial charge in [-0.05, 0) is 11.8 Å². The van der Waals surface area contributed by atoms with Crippen molar-refractivity contribution in [3.63, 3.8) is 0 Å². The third-order valence-corrected chi connectivity index (χ3v) is 1.78. The molecule has 0 heteroatoms. The minimum Gasteiger partial charge on any atom is -0.106 e. The molecule has 0 radical (unpaired) electrons. The van der Waals surface area contributed by atoms with Crippen molar-refractivity contribution in [2.75, 3.05) is 0 Å². The fourth-order valence-electron chi connectivity index (χ4n) is 0.471. The first kappa shape index (κ1) is 17.0. The lowest BCUT2D eigenvalue weighted by Gasteiger charge is -2.10. The molecule has 0 aliphatic rings. The van der Waals surface area contributed by atoms with Gasteiger partial charge in [-0.25, -0.2) is 0 Å². The molecule has 0 aliphatic heterocycles. The van der Waals surface area contributed by atoms with Crippen molar-refractivity contribution < 1.29 is 0 Å². The van der Waals surface area contributed by atoms with Gasteiger partial charge in [0, 0.05) is 0 Å². The van der Waals surface area contributed by atoms with E-state index in [-0.39, 0.29) is 0 Å². The molecular weight excluding hydrogens is 132 g/mol. The summed E-state index contributed by atoms with van der Waals surface area (Å²) in [6, 6.07) is 0. The summed E-state index contributed by atoms with van der Waals surface area (Å²) < 4.78 is 0. The molecule has 0 aliphatic carbocycles. The van der Waals surface area contributed by atoms with E-state index in [4.69, 9.17) is 0 Å². The van der Waals surface area contributed by atoms with Crippen LogP contribution in [0.3, 0.4) is 0 Å². The van der Waals surface area contributed by atoms with Crippen LogP contribution in [0.25, 0.3) is 0 Å². The Labute approximate surface area is 73.7 Å². The van der Waals surface area contributed by atoms with Gasteiger partial charge in [-0.15, -0.1) is 13.2 Å². The van der Waals surface area contributed by atoms with Gasteiger partial charge in [0.1, 0.15) is 0 Å². The fraction of sp³-hybridized carbons (Fsp3) is 0.818. The molecule has 1 unspecified atom stereocenters. The smallest absolute Gasteiger partial charge is 0.0422 e. The van der Waals surface area contributed by atoms with Crippen LogP contribution in [0, 0.1) is 11.8 Å². The Kier molecular flexibility index (Phi) is 25.3. The van der Waals surface area contributed by atoms with Crippen molar-refractivity contribution in [1.29, 1.82) is 0 Å². The van der Waals surface area contributed by atoms with Crippen LogP contribution >= 0.6 is 0 Å². The van der Waals surface area contributed by atoms with Crippen LogP contribution in [0.4, 0.5) is 0 Å². The maximum absolute atomic E-state index is 3.00. The molecule has 0 aromatic rings. The zero-order chi connectivity index (χ0) is 9.86. The molecule has 70 valence electrons. The van der Waals surface area contributed by atoms with E-state index in [2.05, 4.69) is 40.9 Å². The van der Waals surface area contributed by atoms with Crippen molar-refractivity contribution in [2.45, 2.75) is 48.0 Å². The van der Waals surface area contributed by atoms with Crippen LogP contribution in [0.1, 0.15) is 48.0 Å². The second-order valence-corrected chi connectivity index (χ2v) is 2.63. The first-order chi connectivity index (χ1) is 5.18. The topological polar surface area (TPSA) is 0 Å². The second-order valence-electron chi connectivity index (χ2n) is 2.63. The predicted octanol–water partition coefficient (Wildman–Crippen LogP) is 4.52. The number of rotatable bonds is 2. The molecule has 0 fully saturated rings. The van der Waals surface area contributed by atoms with Crippen molar-refractivity contribution in [3.05, 3.63) is 13.2 Å². The molecule has 0 amide bonds. The van der Waals surface area contributed by atoms with Crippen LogP contribution in [0.15, 0.2) is 13.2 Å². The van der Waals surface area contributed by atoms with E-state index in [9.17, 15) is 0 Å². The van der Waals surface area contributed by atoms with Gasteiger partial charge in [0.2, 0.25) is 0 Å². The molecule has 0 saturated heterocycles. The largest absolute Gasteiger partial charge is 0.106 e. The van der Waals surface area contributed by atoms with Gasteiger partial charge in [-0.2, -0.15) is 0 Å². The zero-order valence-electron chi connectivity index (χ0n) is 9.28. The zero-order valence-corrected chi connectivity index (χ0v) is 9.28. The average Bonchev–Trinajstić information content (AvgIpc) is 2.10. The number of hydrogen-bond acceptors (Lipinski definition) is 0. The first-order valence-corrected chi connectivity index (χ1v) is 4.68. The lowest BCUT2D eigenvalue weighted by atomic mass is 9.96. The maximum Gasteiger partial charge on any atom is -0.0422 e. The van der Waals surface area contributed by atoms with Gasteiger partial charge >= 0.3 is 0 Å². The lowest BCUT2D eigenvalue weighted by molar-refractivity contribution is 0.407. The van der Waals surface area contributed by atoms with Crippen molar-refractivity contribution >= 4 is 0 Å². The monoisotopic (exact) mass is 158 g/mol. The Morgan fingerprint density at radius 2 is 1.27 bits per heavy atom. The Balaban J connectivity index is -0.000000138. The summed E-state index contributed by atoms with van der Waals surface area (Å²) in [6.45, 7) is 19.1. The molecular formula is C11H26. The molecule has 0 aromatic heterocycles. The second kappa shape index (κ2) is 16.4. The molecule has 0 spiro atoms. The summed E-state index contributed by atoms with van der Waals surface area (Å²) in [7, 11) is 0. The summed E-state index contributed by atoms with van der Waals surface area (Å²) in [6.07, 6.45) is 1.32. The molecule has 0 aromatic carbocycles. The van der Waals surface area contributed by atoms with E-state index in [1.165, 1.54) is 6.42 Å². The first-order valence-electron chi connectivity index (χ1n) is 4.68. The van der Waals surface area contributed by atoms with Crippen molar-refractivity contribution in [2.24, 2.45) is 11.8 Å². The summed E-state index contributed by atoms with van der Waals surface area (Å²) in [5.41, 5.74) is 0. The van der Waals surface area contributed by atoms with Crippen LogP contribution < -0.4 is 0 Å². The van der Waals surface area contributed by atoms with E-state index in [1.54, 1.807) is 0 Å². The van der Waals surface area contributed by atoms with Crippen molar-refractivity contribution in [1.82, 2.24) is 0 Å². The molecule has 0 bridgehead atoms. The van der Waals surface area contributed by atoms with Crippen LogP contribution in [-0.2, 0) is 0 Å². The van der Waals surface area contributed by atoms with Crippen LogP contribution in [0.5, 0.6) is 0 Å². The van der Waals surface area contributed by atoms with Crippen LogP contribution in [0.2, 0.25) is 0 Å².